The number of carbonyl (C=O) groups excluding carboxylic acids is 2. The Bertz CT molecular complexity index is 702. The molecule has 0 spiro atoms. The fourth-order valence-corrected chi connectivity index (χ4v) is 3.70. The van der Waals surface area contributed by atoms with Crippen molar-refractivity contribution in [3.05, 3.63) is 21.7 Å². The van der Waals surface area contributed by atoms with Crippen molar-refractivity contribution in [3.63, 3.8) is 0 Å². The van der Waals surface area contributed by atoms with Gasteiger partial charge in [-0.2, -0.15) is 0 Å². The van der Waals surface area contributed by atoms with Crippen molar-refractivity contribution in [1.29, 1.82) is 0 Å². The molecule has 7 nitrogen and oxygen atoms in total. The number of anilines is 1. The zero-order chi connectivity index (χ0) is 20.2. The van der Waals surface area contributed by atoms with E-state index in [1.54, 1.807) is 12.0 Å². The summed E-state index contributed by atoms with van der Waals surface area (Å²) in [6.07, 6.45) is 0.377. The second kappa shape index (κ2) is 8.82. The number of nitrogens with zero attached hydrogens (tertiary/aromatic N) is 2. The summed E-state index contributed by atoms with van der Waals surface area (Å²) in [6, 6.07) is 2.05. The van der Waals surface area contributed by atoms with E-state index in [2.05, 4.69) is 15.9 Å². The molecule has 0 radical (unpaired) electrons. The van der Waals surface area contributed by atoms with Gasteiger partial charge in [0.2, 0.25) is 0 Å². The van der Waals surface area contributed by atoms with Crippen molar-refractivity contribution in [2.45, 2.75) is 45.9 Å². The van der Waals surface area contributed by atoms with Crippen LogP contribution in [0.25, 0.3) is 0 Å². The normalized spacial score (nSPS) is 13.2. The van der Waals surface area contributed by atoms with Gasteiger partial charge in [-0.05, 0) is 60.3 Å². The lowest BCUT2D eigenvalue weighted by Gasteiger charge is -2.24. The van der Waals surface area contributed by atoms with Gasteiger partial charge < -0.3 is 19.1 Å². The summed E-state index contributed by atoms with van der Waals surface area (Å²) in [4.78, 5) is 26.4. The molecule has 0 aromatic heterocycles. The Kier molecular flexibility index (Phi) is 6.97. The quantitative estimate of drug-likeness (QED) is 0.473. The largest absolute Gasteiger partial charge is 0.493 e. The van der Waals surface area contributed by atoms with Crippen LogP contribution in [-0.2, 0) is 27.4 Å². The Morgan fingerprint density at radius 2 is 2.07 bits per heavy atom. The highest BCUT2D eigenvalue weighted by molar-refractivity contribution is 9.10. The molecule has 0 unspecified atom stereocenters. The molecule has 1 aromatic rings. The fraction of sp³-hybridized carbons (Fsp3) is 0.579. The van der Waals surface area contributed by atoms with Crippen molar-refractivity contribution in [2.75, 3.05) is 32.2 Å². The lowest BCUT2D eigenvalue weighted by Crippen LogP contribution is -2.33. The van der Waals surface area contributed by atoms with Crippen LogP contribution >= 0.6 is 15.9 Å². The molecule has 0 saturated heterocycles. The SMILES string of the molecule is COc1c(N(C)CCCOC=O)cc2c(c1Br)CN(C(=O)OC(C)(C)C)C2. The van der Waals surface area contributed by atoms with E-state index < -0.39 is 5.60 Å². The third kappa shape index (κ3) is 5.28. The Morgan fingerprint density at radius 1 is 1.37 bits per heavy atom. The molecule has 1 amide bonds. The monoisotopic (exact) mass is 442 g/mol. The first-order chi connectivity index (χ1) is 12.7. The summed E-state index contributed by atoms with van der Waals surface area (Å²) < 4.78 is 16.7. The predicted octanol–water partition coefficient (Wildman–Crippen LogP) is 3.71. The molecular weight excluding hydrogens is 416 g/mol. The van der Waals surface area contributed by atoms with Gasteiger partial charge >= 0.3 is 6.09 Å². The standard InChI is InChI=1S/C19H27BrN2O5/c1-19(2,3)27-18(24)22-10-13-9-15(21(4)7-6-8-26-12-23)17(25-5)16(20)14(13)11-22/h9,12H,6-8,10-11H2,1-5H3. The van der Waals surface area contributed by atoms with Gasteiger partial charge in [-0.15, -0.1) is 0 Å². The third-order valence-corrected chi connectivity index (χ3v) is 5.04. The number of fused-ring (bicyclic) bond motifs is 1. The number of halogens is 1. The summed E-state index contributed by atoms with van der Waals surface area (Å²) in [7, 11) is 3.58. The first-order valence-electron chi connectivity index (χ1n) is 8.80. The van der Waals surface area contributed by atoms with Crippen LogP contribution in [0.1, 0.15) is 38.3 Å². The molecule has 1 aromatic carbocycles. The first-order valence-corrected chi connectivity index (χ1v) is 9.59. The minimum absolute atomic E-state index is 0.328. The molecule has 1 aliphatic rings. The highest BCUT2D eigenvalue weighted by Crippen LogP contribution is 2.43. The Balaban J connectivity index is 2.20. The second-order valence-corrected chi connectivity index (χ2v) is 8.25. The van der Waals surface area contributed by atoms with Gasteiger partial charge in [0.25, 0.3) is 6.47 Å². The van der Waals surface area contributed by atoms with Crippen LogP contribution in [0.4, 0.5) is 10.5 Å². The maximum atomic E-state index is 12.4. The molecule has 0 saturated carbocycles. The van der Waals surface area contributed by atoms with E-state index in [0.717, 1.165) is 27.0 Å². The zero-order valence-electron chi connectivity index (χ0n) is 16.5. The molecule has 150 valence electrons. The van der Waals surface area contributed by atoms with Crippen molar-refractivity contribution in [3.8, 4) is 5.75 Å². The average molecular weight is 443 g/mol. The van der Waals surface area contributed by atoms with Crippen LogP contribution < -0.4 is 9.64 Å². The molecule has 8 heteroatoms. The lowest BCUT2D eigenvalue weighted by atomic mass is 10.1. The number of rotatable bonds is 7. The molecule has 0 bridgehead atoms. The molecule has 2 rings (SSSR count). The molecule has 1 heterocycles. The zero-order valence-corrected chi connectivity index (χ0v) is 18.1. The van der Waals surface area contributed by atoms with Gasteiger partial charge in [-0.25, -0.2) is 4.79 Å². The number of carbonyl (C=O) groups is 2. The molecule has 0 fully saturated rings. The number of benzene rings is 1. The third-order valence-electron chi connectivity index (χ3n) is 4.20. The summed E-state index contributed by atoms with van der Waals surface area (Å²) in [5.74, 6) is 0.721. The van der Waals surface area contributed by atoms with E-state index in [1.165, 1.54) is 0 Å². The molecule has 0 atom stereocenters. The number of hydrogen-bond acceptors (Lipinski definition) is 6. The average Bonchev–Trinajstić information content (AvgIpc) is 3.01. The minimum atomic E-state index is -0.532. The van der Waals surface area contributed by atoms with Crippen LogP contribution in [0.5, 0.6) is 5.75 Å². The van der Waals surface area contributed by atoms with E-state index >= 15 is 0 Å². The minimum Gasteiger partial charge on any atom is -0.493 e. The van der Waals surface area contributed by atoms with Crippen molar-refractivity contribution < 1.29 is 23.8 Å². The predicted molar refractivity (Wildman–Crippen MR) is 106 cm³/mol. The summed E-state index contributed by atoms with van der Waals surface area (Å²) in [5, 5.41) is 0. The van der Waals surface area contributed by atoms with Crippen LogP contribution in [-0.4, -0.2) is 50.4 Å². The van der Waals surface area contributed by atoms with Gasteiger partial charge in [0.15, 0.2) is 5.75 Å². The second-order valence-electron chi connectivity index (χ2n) is 7.46. The highest BCUT2D eigenvalue weighted by atomic mass is 79.9. The number of hydrogen-bond donors (Lipinski definition) is 0. The molecule has 27 heavy (non-hydrogen) atoms. The smallest absolute Gasteiger partial charge is 0.410 e. The van der Waals surface area contributed by atoms with Crippen molar-refractivity contribution in [1.82, 2.24) is 4.90 Å². The number of amides is 1. The van der Waals surface area contributed by atoms with E-state index in [1.807, 2.05) is 38.8 Å². The number of ether oxygens (including phenoxy) is 3. The van der Waals surface area contributed by atoms with E-state index in [-0.39, 0.29) is 6.09 Å². The van der Waals surface area contributed by atoms with Crippen molar-refractivity contribution in [2.24, 2.45) is 0 Å². The maximum Gasteiger partial charge on any atom is 0.410 e. The van der Waals surface area contributed by atoms with E-state index in [9.17, 15) is 9.59 Å². The highest BCUT2D eigenvalue weighted by Gasteiger charge is 2.31. The van der Waals surface area contributed by atoms with Gasteiger partial charge in [-0.1, -0.05) is 0 Å². The van der Waals surface area contributed by atoms with Gasteiger partial charge in [-0.3, -0.25) is 9.69 Å². The maximum absolute atomic E-state index is 12.4. The fourth-order valence-electron chi connectivity index (χ4n) is 2.96. The van der Waals surface area contributed by atoms with Gasteiger partial charge in [0.05, 0.1) is 30.4 Å². The van der Waals surface area contributed by atoms with Crippen LogP contribution in [0, 0.1) is 0 Å². The summed E-state index contributed by atoms with van der Waals surface area (Å²) >= 11 is 3.64. The van der Waals surface area contributed by atoms with Gasteiger partial charge in [0.1, 0.15) is 5.60 Å². The van der Waals surface area contributed by atoms with Crippen LogP contribution in [0.2, 0.25) is 0 Å². The Morgan fingerprint density at radius 3 is 2.67 bits per heavy atom. The van der Waals surface area contributed by atoms with Crippen LogP contribution in [0.3, 0.4) is 0 Å². The molecular formula is C19H27BrN2O5. The summed E-state index contributed by atoms with van der Waals surface area (Å²) in [5.41, 5.74) is 2.47. The van der Waals surface area contributed by atoms with E-state index in [0.29, 0.717) is 39.1 Å². The van der Waals surface area contributed by atoms with Crippen molar-refractivity contribution >= 4 is 34.2 Å². The number of methoxy groups -OCH3 is 1. The molecule has 0 N–H and O–H groups in total. The first kappa shape index (κ1) is 21.3. The molecule has 1 aliphatic heterocycles. The Hall–Kier alpha value is -1.96. The van der Waals surface area contributed by atoms with Crippen LogP contribution in [0.15, 0.2) is 10.5 Å². The van der Waals surface area contributed by atoms with E-state index in [4.69, 9.17) is 14.2 Å². The molecule has 0 aliphatic carbocycles. The summed E-state index contributed by atoms with van der Waals surface area (Å²) in [6.45, 7) is 8.05. The lowest BCUT2D eigenvalue weighted by molar-refractivity contribution is -0.128. The topological polar surface area (TPSA) is 68.3 Å². The Labute approximate surface area is 168 Å². The van der Waals surface area contributed by atoms with Gasteiger partial charge in [0, 0.05) is 20.1 Å².